The smallest absolute Gasteiger partial charge is 0.234 e. The number of halogens is 1. The van der Waals surface area contributed by atoms with E-state index in [9.17, 15) is 4.79 Å². The monoisotopic (exact) mass is 444 g/mol. The largest absolute Gasteiger partial charge is 0.325 e. The number of amides is 1. The van der Waals surface area contributed by atoms with Gasteiger partial charge in [-0.1, -0.05) is 58.9 Å². The molecule has 3 rings (SSSR count). The van der Waals surface area contributed by atoms with Gasteiger partial charge in [0.2, 0.25) is 5.91 Å². The van der Waals surface area contributed by atoms with Gasteiger partial charge in [0.15, 0.2) is 11.0 Å². The van der Waals surface area contributed by atoms with Gasteiger partial charge in [-0.15, -0.1) is 10.2 Å². The summed E-state index contributed by atoms with van der Waals surface area (Å²) >= 11 is 4.84. The molecule has 27 heavy (non-hydrogen) atoms. The third-order valence-electron chi connectivity index (χ3n) is 4.11. The minimum atomic E-state index is -0.0555. The summed E-state index contributed by atoms with van der Waals surface area (Å²) in [5.41, 5.74) is 3.06. The molecule has 0 radical (unpaired) electrons. The molecule has 0 saturated heterocycles. The van der Waals surface area contributed by atoms with Crippen molar-refractivity contribution in [1.82, 2.24) is 14.8 Å². The highest BCUT2D eigenvalue weighted by molar-refractivity contribution is 9.10. The zero-order chi connectivity index (χ0) is 19.2. The molecule has 0 aliphatic carbocycles. The van der Waals surface area contributed by atoms with Crippen molar-refractivity contribution < 1.29 is 4.79 Å². The Hall–Kier alpha value is -2.12. The average molecular weight is 445 g/mol. The van der Waals surface area contributed by atoms with Crippen molar-refractivity contribution in [3.8, 4) is 11.4 Å². The standard InChI is InChI=1S/C20H21BrN4OS/c1-3-14-5-11-17(12-6-14)22-18(26)13-27-20-24-23-19(25(20)4-2)15-7-9-16(21)10-8-15/h5-12H,3-4,13H2,1-2H3,(H,22,26). The van der Waals surface area contributed by atoms with Gasteiger partial charge in [-0.25, -0.2) is 0 Å². The highest BCUT2D eigenvalue weighted by atomic mass is 79.9. The van der Waals surface area contributed by atoms with E-state index in [2.05, 4.69) is 38.4 Å². The van der Waals surface area contributed by atoms with Crippen LogP contribution in [-0.2, 0) is 17.8 Å². The third-order valence-corrected chi connectivity index (χ3v) is 5.61. The van der Waals surface area contributed by atoms with Gasteiger partial charge in [0, 0.05) is 22.3 Å². The van der Waals surface area contributed by atoms with Crippen molar-refractivity contribution in [2.45, 2.75) is 32.0 Å². The number of anilines is 1. The van der Waals surface area contributed by atoms with Gasteiger partial charge in [0.05, 0.1) is 5.75 Å². The van der Waals surface area contributed by atoms with Crippen LogP contribution < -0.4 is 5.32 Å². The first-order chi connectivity index (χ1) is 13.1. The maximum absolute atomic E-state index is 12.3. The highest BCUT2D eigenvalue weighted by Gasteiger charge is 2.14. The molecule has 7 heteroatoms. The second-order valence-electron chi connectivity index (χ2n) is 5.94. The molecular weight excluding hydrogens is 424 g/mol. The Balaban J connectivity index is 1.65. The summed E-state index contributed by atoms with van der Waals surface area (Å²) in [7, 11) is 0. The lowest BCUT2D eigenvalue weighted by molar-refractivity contribution is -0.113. The fraction of sp³-hybridized carbons (Fsp3) is 0.250. The Kier molecular flexibility index (Phi) is 6.68. The van der Waals surface area contributed by atoms with Crippen molar-refractivity contribution in [3.05, 3.63) is 58.6 Å². The number of aryl methyl sites for hydroxylation is 1. The number of rotatable bonds is 7. The average Bonchev–Trinajstić information content (AvgIpc) is 3.10. The van der Waals surface area contributed by atoms with Gasteiger partial charge >= 0.3 is 0 Å². The van der Waals surface area contributed by atoms with Crippen molar-refractivity contribution in [3.63, 3.8) is 0 Å². The maximum Gasteiger partial charge on any atom is 0.234 e. The molecule has 1 aromatic heterocycles. The minimum Gasteiger partial charge on any atom is -0.325 e. The molecule has 5 nitrogen and oxygen atoms in total. The van der Waals surface area contributed by atoms with E-state index in [4.69, 9.17) is 0 Å². The van der Waals surface area contributed by atoms with E-state index in [0.717, 1.165) is 39.7 Å². The molecule has 0 spiro atoms. The van der Waals surface area contributed by atoms with Crippen molar-refractivity contribution >= 4 is 39.3 Å². The van der Waals surface area contributed by atoms with Gasteiger partial charge in [0.25, 0.3) is 0 Å². The van der Waals surface area contributed by atoms with E-state index in [1.54, 1.807) is 0 Å². The Morgan fingerprint density at radius 1 is 1.07 bits per heavy atom. The normalized spacial score (nSPS) is 10.8. The molecule has 0 fully saturated rings. The fourth-order valence-electron chi connectivity index (χ4n) is 2.64. The summed E-state index contributed by atoms with van der Waals surface area (Å²) < 4.78 is 3.05. The lowest BCUT2D eigenvalue weighted by atomic mass is 10.1. The lowest BCUT2D eigenvalue weighted by Gasteiger charge is -2.08. The fourth-order valence-corrected chi connectivity index (χ4v) is 3.71. The number of carbonyl (C=O) groups excluding carboxylic acids is 1. The molecule has 0 saturated carbocycles. The van der Waals surface area contributed by atoms with Crippen LogP contribution in [0, 0.1) is 0 Å². The summed E-state index contributed by atoms with van der Waals surface area (Å²) in [6, 6.07) is 15.9. The van der Waals surface area contributed by atoms with Gasteiger partial charge in [-0.05, 0) is 43.2 Å². The van der Waals surface area contributed by atoms with Gasteiger partial charge in [-0.3, -0.25) is 4.79 Å². The van der Waals surface area contributed by atoms with Crippen molar-refractivity contribution in [1.29, 1.82) is 0 Å². The molecular formula is C20H21BrN4OS. The first kappa shape index (κ1) is 19.6. The van der Waals surface area contributed by atoms with E-state index in [1.807, 2.05) is 60.0 Å². The van der Waals surface area contributed by atoms with E-state index in [0.29, 0.717) is 0 Å². The molecule has 3 aromatic rings. The van der Waals surface area contributed by atoms with E-state index >= 15 is 0 Å². The lowest BCUT2D eigenvalue weighted by Crippen LogP contribution is -2.14. The number of thioether (sulfide) groups is 1. The summed E-state index contributed by atoms with van der Waals surface area (Å²) in [5, 5.41) is 12.3. The number of carbonyl (C=O) groups is 1. The number of hydrogen-bond donors (Lipinski definition) is 1. The molecule has 1 amide bonds. The van der Waals surface area contributed by atoms with Crippen LogP contribution in [0.5, 0.6) is 0 Å². The summed E-state index contributed by atoms with van der Waals surface area (Å²) in [4.78, 5) is 12.3. The molecule has 1 heterocycles. The zero-order valence-corrected chi connectivity index (χ0v) is 17.7. The Morgan fingerprint density at radius 2 is 1.78 bits per heavy atom. The second-order valence-corrected chi connectivity index (χ2v) is 7.80. The number of nitrogens with zero attached hydrogens (tertiary/aromatic N) is 3. The molecule has 140 valence electrons. The number of nitrogens with one attached hydrogen (secondary N) is 1. The quantitative estimate of drug-likeness (QED) is 0.519. The third kappa shape index (κ3) is 4.99. The molecule has 0 bridgehead atoms. The first-order valence-electron chi connectivity index (χ1n) is 8.81. The summed E-state index contributed by atoms with van der Waals surface area (Å²) in [5.74, 6) is 1.04. The van der Waals surface area contributed by atoms with Gasteiger partial charge in [0.1, 0.15) is 0 Å². The number of benzene rings is 2. The molecule has 2 aromatic carbocycles. The Labute approximate surface area is 171 Å². The molecule has 0 atom stereocenters. The summed E-state index contributed by atoms with van der Waals surface area (Å²) in [6.45, 7) is 4.89. The van der Waals surface area contributed by atoms with Crippen molar-refractivity contribution in [2.75, 3.05) is 11.1 Å². The van der Waals surface area contributed by atoms with Gasteiger partial charge < -0.3 is 9.88 Å². The Bertz CT molecular complexity index is 907. The van der Waals surface area contributed by atoms with E-state index in [1.165, 1.54) is 17.3 Å². The van der Waals surface area contributed by atoms with Crippen LogP contribution >= 0.6 is 27.7 Å². The van der Waals surface area contributed by atoms with Crippen LogP contribution in [0.1, 0.15) is 19.4 Å². The number of hydrogen-bond acceptors (Lipinski definition) is 4. The van der Waals surface area contributed by atoms with E-state index in [-0.39, 0.29) is 11.7 Å². The molecule has 1 N–H and O–H groups in total. The van der Waals surface area contributed by atoms with Gasteiger partial charge in [-0.2, -0.15) is 0 Å². The highest BCUT2D eigenvalue weighted by Crippen LogP contribution is 2.25. The Morgan fingerprint density at radius 3 is 2.41 bits per heavy atom. The SMILES string of the molecule is CCc1ccc(NC(=O)CSc2nnc(-c3ccc(Br)cc3)n2CC)cc1. The molecule has 0 unspecified atom stereocenters. The second kappa shape index (κ2) is 9.19. The predicted molar refractivity (Wildman–Crippen MR) is 114 cm³/mol. The maximum atomic E-state index is 12.3. The molecule has 0 aliphatic heterocycles. The molecule has 0 aliphatic rings. The van der Waals surface area contributed by atoms with Crippen LogP contribution in [0.3, 0.4) is 0 Å². The summed E-state index contributed by atoms with van der Waals surface area (Å²) in [6.07, 6.45) is 0.984. The van der Waals surface area contributed by atoms with Crippen LogP contribution in [-0.4, -0.2) is 26.4 Å². The first-order valence-corrected chi connectivity index (χ1v) is 10.6. The van der Waals surface area contributed by atoms with Crippen molar-refractivity contribution in [2.24, 2.45) is 0 Å². The van der Waals surface area contributed by atoms with Crippen LogP contribution in [0.4, 0.5) is 5.69 Å². The number of aromatic nitrogens is 3. The topological polar surface area (TPSA) is 59.8 Å². The van der Waals surface area contributed by atoms with Crippen LogP contribution in [0.15, 0.2) is 58.2 Å². The zero-order valence-electron chi connectivity index (χ0n) is 15.3. The van der Waals surface area contributed by atoms with E-state index < -0.39 is 0 Å². The minimum absolute atomic E-state index is 0.0555. The van der Waals surface area contributed by atoms with Crippen LogP contribution in [0.2, 0.25) is 0 Å². The van der Waals surface area contributed by atoms with Crippen LogP contribution in [0.25, 0.3) is 11.4 Å². The predicted octanol–water partition coefficient (Wildman–Crippen LogP) is 5.02.